The molecule has 0 unspecified atom stereocenters. The topological polar surface area (TPSA) is 66.9 Å². The molecule has 0 saturated carbocycles. The number of rotatable bonds is 5. The highest BCUT2D eigenvalue weighted by Crippen LogP contribution is 2.24. The van der Waals surface area contributed by atoms with E-state index in [1.807, 2.05) is 12.1 Å². The number of hydrogen-bond donors (Lipinski definition) is 2. The molecule has 0 bridgehead atoms. The minimum atomic E-state index is -0.384. The molecule has 3 aromatic rings. The van der Waals surface area contributed by atoms with Gasteiger partial charge in [-0.25, -0.2) is 14.4 Å². The van der Waals surface area contributed by atoms with Crippen LogP contribution in [-0.2, 0) is 12.0 Å². The van der Waals surface area contributed by atoms with Crippen LogP contribution in [0.25, 0.3) is 0 Å². The van der Waals surface area contributed by atoms with Gasteiger partial charge in [-0.1, -0.05) is 51.1 Å². The van der Waals surface area contributed by atoms with Crippen LogP contribution in [0.15, 0.2) is 54.6 Å². The maximum atomic E-state index is 13.7. The third-order valence-electron chi connectivity index (χ3n) is 4.49. The number of anilines is 2. The molecule has 0 spiro atoms. The lowest BCUT2D eigenvalue weighted by atomic mass is 9.87. The Morgan fingerprint density at radius 3 is 2.38 bits per heavy atom. The van der Waals surface area contributed by atoms with E-state index < -0.39 is 0 Å². The molecule has 0 radical (unpaired) electrons. The fraction of sp³-hybridized carbons (Fsp3) is 0.261. The van der Waals surface area contributed by atoms with E-state index in [-0.39, 0.29) is 29.4 Å². The summed E-state index contributed by atoms with van der Waals surface area (Å²) in [7, 11) is 0. The molecule has 0 aliphatic rings. The number of halogens is 1. The standard InChI is InChI=1S/C23H25FN4O/c1-15-26-20(22(29)25-14-16-7-5-6-8-19(16)24)13-21(27-15)28-18-11-9-17(10-12-18)23(2,3)4/h5-13H,14H2,1-4H3,(H,25,29)(H,26,27,28). The average molecular weight is 392 g/mol. The summed E-state index contributed by atoms with van der Waals surface area (Å²) in [6, 6.07) is 16.0. The third-order valence-corrected chi connectivity index (χ3v) is 4.49. The SMILES string of the molecule is Cc1nc(Nc2ccc(C(C)(C)C)cc2)cc(C(=O)NCc2ccccc2F)n1. The van der Waals surface area contributed by atoms with Gasteiger partial charge in [-0.15, -0.1) is 0 Å². The van der Waals surface area contributed by atoms with Crippen LogP contribution < -0.4 is 10.6 Å². The number of aromatic nitrogens is 2. The van der Waals surface area contributed by atoms with Crippen molar-refractivity contribution in [2.75, 3.05) is 5.32 Å². The normalized spacial score (nSPS) is 11.2. The van der Waals surface area contributed by atoms with E-state index in [1.165, 1.54) is 11.6 Å². The van der Waals surface area contributed by atoms with Crippen LogP contribution in [0.5, 0.6) is 0 Å². The summed E-state index contributed by atoms with van der Waals surface area (Å²) in [5.41, 5.74) is 2.82. The quantitative estimate of drug-likeness (QED) is 0.648. The van der Waals surface area contributed by atoms with Crippen molar-refractivity contribution in [3.05, 3.63) is 83.1 Å². The van der Waals surface area contributed by atoms with Crippen molar-refractivity contribution in [1.82, 2.24) is 15.3 Å². The van der Waals surface area contributed by atoms with Gasteiger partial charge in [0.05, 0.1) is 0 Å². The van der Waals surface area contributed by atoms with Gasteiger partial charge in [0, 0.05) is 23.9 Å². The molecule has 0 saturated heterocycles. The Kier molecular flexibility index (Phi) is 5.92. The number of carbonyl (C=O) groups is 1. The second kappa shape index (κ2) is 8.39. The summed E-state index contributed by atoms with van der Waals surface area (Å²) in [4.78, 5) is 21.0. The van der Waals surface area contributed by atoms with E-state index in [4.69, 9.17) is 0 Å². The Balaban J connectivity index is 1.72. The Bertz CT molecular complexity index is 1010. The minimum absolute atomic E-state index is 0.0769. The van der Waals surface area contributed by atoms with Crippen LogP contribution in [0.3, 0.4) is 0 Å². The molecule has 5 nitrogen and oxygen atoms in total. The van der Waals surface area contributed by atoms with Crippen molar-refractivity contribution in [1.29, 1.82) is 0 Å². The van der Waals surface area contributed by atoms with E-state index in [1.54, 1.807) is 31.2 Å². The highest BCUT2D eigenvalue weighted by molar-refractivity contribution is 5.93. The van der Waals surface area contributed by atoms with Crippen molar-refractivity contribution in [3.8, 4) is 0 Å². The molecule has 0 aliphatic heterocycles. The Hall–Kier alpha value is -3.28. The fourth-order valence-corrected chi connectivity index (χ4v) is 2.86. The van der Waals surface area contributed by atoms with Crippen LogP contribution in [-0.4, -0.2) is 15.9 Å². The lowest BCUT2D eigenvalue weighted by molar-refractivity contribution is 0.0945. The average Bonchev–Trinajstić information content (AvgIpc) is 2.66. The summed E-state index contributed by atoms with van der Waals surface area (Å²) in [6.45, 7) is 8.30. The maximum Gasteiger partial charge on any atom is 0.270 e. The molecule has 0 aliphatic carbocycles. The van der Waals surface area contributed by atoms with Gasteiger partial charge in [0.15, 0.2) is 0 Å². The van der Waals surface area contributed by atoms with E-state index in [9.17, 15) is 9.18 Å². The summed E-state index contributed by atoms with van der Waals surface area (Å²) in [5.74, 6) is 0.256. The molecule has 1 heterocycles. The predicted octanol–water partition coefficient (Wildman–Crippen LogP) is 4.90. The van der Waals surface area contributed by atoms with Crippen LogP contribution >= 0.6 is 0 Å². The van der Waals surface area contributed by atoms with Gasteiger partial charge in [-0.2, -0.15) is 0 Å². The summed E-state index contributed by atoms with van der Waals surface area (Å²) < 4.78 is 13.7. The molecular weight excluding hydrogens is 367 g/mol. The molecule has 2 aromatic carbocycles. The summed E-state index contributed by atoms with van der Waals surface area (Å²) in [5, 5.41) is 5.91. The lowest BCUT2D eigenvalue weighted by Gasteiger charge is -2.19. The van der Waals surface area contributed by atoms with E-state index >= 15 is 0 Å². The third kappa shape index (κ3) is 5.38. The zero-order valence-corrected chi connectivity index (χ0v) is 17.1. The van der Waals surface area contributed by atoms with Crippen LogP contribution in [0.1, 0.15) is 48.2 Å². The van der Waals surface area contributed by atoms with E-state index in [0.717, 1.165) is 5.69 Å². The number of benzene rings is 2. The fourth-order valence-electron chi connectivity index (χ4n) is 2.86. The first-order chi connectivity index (χ1) is 13.7. The summed E-state index contributed by atoms with van der Waals surface area (Å²) >= 11 is 0. The van der Waals surface area contributed by atoms with Crippen molar-refractivity contribution in [3.63, 3.8) is 0 Å². The first kappa shape index (κ1) is 20.5. The van der Waals surface area contributed by atoms with Crippen LogP contribution in [0, 0.1) is 12.7 Å². The molecular formula is C23H25FN4O. The van der Waals surface area contributed by atoms with Gasteiger partial charge in [0.1, 0.15) is 23.2 Å². The van der Waals surface area contributed by atoms with Gasteiger partial charge >= 0.3 is 0 Å². The summed E-state index contributed by atoms with van der Waals surface area (Å²) in [6.07, 6.45) is 0. The molecule has 2 N–H and O–H groups in total. The van der Waals surface area contributed by atoms with Crippen molar-refractivity contribution < 1.29 is 9.18 Å². The Labute approximate surface area is 170 Å². The molecule has 0 atom stereocenters. The number of nitrogens with one attached hydrogen (secondary N) is 2. The van der Waals surface area contributed by atoms with Gasteiger partial charge in [0.2, 0.25) is 0 Å². The first-order valence-electron chi connectivity index (χ1n) is 9.47. The Morgan fingerprint density at radius 2 is 1.72 bits per heavy atom. The molecule has 6 heteroatoms. The maximum absolute atomic E-state index is 13.7. The smallest absolute Gasteiger partial charge is 0.270 e. The molecule has 150 valence electrons. The van der Waals surface area contributed by atoms with Gasteiger partial charge in [-0.3, -0.25) is 4.79 Å². The van der Waals surface area contributed by atoms with Crippen LogP contribution in [0.4, 0.5) is 15.9 Å². The molecule has 1 aromatic heterocycles. The zero-order chi connectivity index (χ0) is 21.0. The van der Waals surface area contributed by atoms with E-state index in [0.29, 0.717) is 17.2 Å². The van der Waals surface area contributed by atoms with Gasteiger partial charge < -0.3 is 10.6 Å². The number of carbonyl (C=O) groups excluding carboxylic acids is 1. The minimum Gasteiger partial charge on any atom is -0.347 e. The van der Waals surface area contributed by atoms with E-state index in [2.05, 4.69) is 53.5 Å². The highest BCUT2D eigenvalue weighted by atomic mass is 19.1. The molecule has 1 amide bonds. The second-order valence-electron chi connectivity index (χ2n) is 7.91. The number of hydrogen-bond acceptors (Lipinski definition) is 4. The zero-order valence-electron chi connectivity index (χ0n) is 17.1. The van der Waals surface area contributed by atoms with Crippen molar-refractivity contribution >= 4 is 17.4 Å². The number of nitrogens with zero attached hydrogens (tertiary/aromatic N) is 2. The monoisotopic (exact) mass is 392 g/mol. The van der Waals surface area contributed by atoms with Gasteiger partial charge in [-0.05, 0) is 36.1 Å². The van der Waals surface area contributed by atoms with Gasteiger partial charge in [0.25, 0.3) is 5.91 Å². The van der Waals surface area contributed by atoms with Crippen molar-refractivity contribution in [2.24, 2.45) is 0 Å². The second-order valence-corrected chi connectivity index (χ2v) is 7.91. The predicted molar refractivity (Wildman–Crippen MR) is 113 cm³/mol. The highest BCUT2D eigenvalue weighted by Gasteiger charge is 2.14. The molecule has 29 heavy (non-hydrogen) atoms. The molecule has 3 rings (SSSR count). The first-order valence-corrected chi connectivity index (χ1v) is 9.47. The Morgan fingerprint density at radius 1 is 1.03 bits per heavy atom. The number of amides is 1. The van der Waals surface area contributed by atoms with Crippen LogP contribution in [0.2, 0.25) is 0 Å². The largest absolute Gasteiger partial charge is 0.347 e. The molecule has 0 fully saturated rings. The van der Waals surface area contributed by atoms with Crippen molar-refractivity contribution in [2.45, 2.75) is 39.7 Å². The lowest BCUT2D eigenvalue weighted by Crippen LogP contribution is -2.25. The number of aryl methyl sites for hydroxylation is 1.